The van der Waals surface area contributed by atoms with Gasteiger partial charge in [0.2, 0.25) is 0 Å². The van der Waals surface area contributed by atoms with Gasteiger partial charge in [-0.1, -0.05) is 80.5 Å². The van der Waals surface area contributed by atoms with Crippen molar-refractivity contribution in [3.63, 3.8) is 0 Å². The minimum atomic E-state index is -2.71. The molecule has 2 fully saturated rings. The molecule has 5 aliphatic rings. The van der Waals surface area contributed by atoms with Crippen molar-refractivity contribution in [2.45, 2.75) is 128 Å². The Balaban J connectivity index is 1.37. The first-order chi connectivity index (χ1) is 21.3. The lowest BCUT2D eigenvalue weighted by atomic mass is 10.0. The van der Waals surface area contributed by atoms with E-state index < -0.39 is 16.9 Å². The van der Waals surface area contributed by atoms with Crippen molar-refractivity contribution in [2.24, 2.45) is 16.1 Å². The molecule has 0 spiro atoms. The average Bonchev–Trinajstić information content (AvgIpc) is 3.47. The number of hydrogen-bond donors (Lipinski definition) is 0. The molecule has 0 radical (unpaired) electrons. The van der Waals surface area contributed by atoms with Gasteiger partial charge in [-0.25, -0.2) is 5.01 Å². The summed E-state index contributed by atoms with van der Waals surface area (Å²) in [6.07, 6.45) is 6.54. The summed E-state index contributed by atoms with van der Waals surface area (Å²) in [5.74, 6) is 0.130. The third-order valence-corrected chi connectivity index (χ3v) is 20.7. The molecule has 10 heteroatoms. The summed E-state index contributed by atoms with van der Waals surface area (Å²) in [6.45, 7) is 26.5. The fourth-order valence-corrected chi connectivity index (χ4v) is 14.3. The summed E-state index contributed by atoms with van der Waals surface area (Å²) in [6, 6.07) is 9.39. The second-order valence-corrected chi connectivity index (χ2v) is 26.9. The molecule has 1 aromatic rings. The van der Waals surface area contributed by atoms with E-state index in [0.717, 1.165) is 30.5 Å². The lowest BCUT2D eigenvalue weighted by molar-refractivity contribution is -0.0557. The van der Waals surface area contributed by atoms with Crippen LogP contribution in [-0.4, -0.2) is 76.1 Å². The van der Waals surface area contributed by atoms with Crippen LogP contribution in [0.5, 0.6) is 0 Å². The van der Waals surface area contributed by atoms with Gasteiger partial charge < -0.3 is 13.3 Å². The van der Waals surface area contributed by atoms with E-state index in [1.165, 1.54) is 11.1 Å². The third-order valence-electron chi connectivity index (χ3n) is 11.1. The zero-order chi connectivity index (χ0) is 33.4. The molecule has 6 rings (SSSR count). The highest BCUT2D eigenvalue weighted by Gasteiger charge is 2.65. The van der Waals surface area contributed by atoms with Crippen LogP contribution in [0.1, 0.15) is 91.9 Å². The Morgan fingerprint density at radius 3 is 2.30 bits per heavy atom. The number of carbonyl (C=O) groups is 1. The number of hydrogen-bond acceptors (Lipinski definition) is 7. The molecule has 0 unspecified atom stereocenters. The van der Waals surface area contributed by atoms with Gasteiger partial charge in [-0.05, 0) is 60.7 Å². The Labute approximate surface area is 278 Å². The van der Waals surface area contributed by atoms with Crippen LogP contribution in [0.3, 0.4) is 0 Å². The molecule has 1 aromatic carbocycles. The first-order valence-electron chi connectivity index (χ1n) is 17.0. The van der Waals surface area contributed by atoms with E-state index in [1.54, 1.807) is 11.2 Å². The maximum atomic E-state index is 13.4. The molecule has 8 nitrogen and oxygen atoms in total. The molecule has 1 saturated carbocycles. The third kappa shape index (κ3) is 5.61. The van der Waals surface area contributed by atoms with Gasteiger partial charge in [-0.3, -0.25) is 9.80 Å². The molecule has 0 bridgehead atoms. The first kappa shape index (κ1) is 33.5. The maximum absolute atomic E-state index is 13.4. The second kappa shape index (κ2) is 11.4. The Kier molecular flexibility index (Phi) is 8.28. The van der Waals surface area contributed by atoms with Gasteiger partial charge in [0.1, 0.15) is 5.71 Å². The molecule has 1 saturated heterocycles. The van der Waals surface area contributed by atoms with Crippen LogP contribution in [-0.2, 0) is 13.3 Å². The van der Waals surface area contributed by atoms with Crippen molar-refractivity contribution in [2.75, 3.05) is 13.2 Å². The number of carbonyl (C=O) groups excluding carboxylic acids is 1. The van der Waals surface area contributed by atoms with Gasteiger partial charge in [0, 0.05) is 39.9 Å². The Morgan fingerprint density at radius 1 is 1.00 bits per heavy atom. The summed E-state index contributed by atoms with van der Waals surface area (Å²) in [4.78, 5) is 13.4. The van der Waals surface area contributed by atoms with Crippen LogP contribution in [0.4, 0.5) is 0 Å². The molecular weight excluding hydrogens is 609 g/mol. The van der Waals surface area contributed by atoms with E-state index in [1.807, 2.05) is 30.3 Å². The highest BCUT2D eigenvalue weighted by molar-refractivity contribution is 6.74. The van der Waals surface area contributed by atoms with Crippen LogP contribution in [0.2, 0.25) is 28.2 Å². The Morgan fingerprint density at radius 2 is 1.67 bits per heavy atom. The van der Waals surface area contributed by atoms with E-state index in [0.29, 0.717) is 18.7 Å². The zero-order valence-corrected chi connectivity index (χ0v) is 31.8. The number of hydrazone groups is 2. The SMILES string of the molecule is CC(C)(C)[Si](C)(C)O[C@@H]1[C@@H]2O[Si](C(C)(C)C)(C(C)(C)C)OC[C@H]2C[C@H]1N1C=C2CCC3=C2C(=N1)C=NN(C(=O)c1ccccc1)C3. The Hall–Kier alpha value is -2.38. The number of nitrogens with zero attached hydrogens (tertiary/aromatic N) is 4. The number of amides is 1. The monoisotopic (exact) mass is 662 g/mol. The predicted octanol–water partition coefficient (Wildman–Crippen LogP) is 8.01. The Bertz CT molecular complexity index is 1480. The molecule has 4 atom stereocenters. The van der Waals surface area contributed by atoms with E-state index in [-0.39, 0.29) is 45.2 Å². The van der Waals surface area contributed by atoms with Gasteiger partial charge in [0.05, 0.1) is 31.0 Å². The van der Waals surface area contributed by atoms with Crippen molar-refractivity contribution >= 4 is 34.7 Å². The maximum Gasteiger partial charge on any atom is 0.349 e. The number of fused-ring (bicyclic) bond motifs is 1. The van der Waals surface area contributed by atoms with E-state index in [9.17, 15) is 4.79 Å². The molecule has 3 aliphatic heterocycles. The van der Waals surface area contributed by atoms with Crippen LogP contribution >= 0.6 is 0 Å². The fraction of sp³-hybridized carbons (Fsp3) is 0.639. The van der Waals surface area contributed by atoms with Gasteiger partial charge in [-0.15, -0.1) is 0 Å². The molecular formula is C36H54N4O4Si2. The van der Waals surface area contributed by atoms with Gasteiger partial charge in [-0.2, -0.15) is 10.2 Å². The fourth-order valence-electron chi connectivity index (χ4n) is 7.89. The minimum Gasteiger partial charge on any atom is -0.409 e. The molecule has 0 N–H and O–H groups in total. The lowest BCUT2D eigenvalue weighted by Crippen LogP contribution is -2.65. The highest BCUT2D eigenvalue weighted by atomic mass is 28.4. The van der Waals surface area contributed by atoms with Crippen molar-refractivity contribution in [3.05, 3.63) is 58.8 Å². The normalized spacial score (nSPS) is 28.1. The number of allylic oxidation sites excluding steroid dienone is 2. The summed E-state index contributed by atoms with van der Waals surface area (Å²) >= 11 is 0. The molecule has 3 heterocycles. The van der Waals surface area contributed by atoms with Crippen LogP contribution in [0, 0.1) is 5.92 Å². The molecule has 2 aliphatic carbocycles. The van der Waals surface area contributed by atoms with Crippen molar-refractivity contribution in [3.8, 4) is 0 Å². The lowest BCUT2D eigenvalue weighted by Gasteiger charge is -2.55. The highest BCUT2D eigenvalue weighted by Crippen LogP contribution is 2.57. The van der Waals surface area contributed by atoms with Gasteiger partial charge in [0.25, 0.3) is 5.91 Å². The number of rotatable bonds is 4. The van der Waals surface area contributed by atoms with Crippen LogP contribution < -0.4 is 0 Å². The largest absolute Gasteiger partial charge is 0.409 e. The topological polar surface area (TPSA) is 76.0 Å². The second-order valence-electron chi connectivity index (χ2n) is 17.4. The van der Waals surface area contributed by atoms with E-state index >= 15 is 0 Å². The zero-order valence-electron chi connectivity index (χ0n) is 29.8. The average molecular weight is 663 g/mol. The minimum absolute atomic E-state index is 0.00164. The van der Waals surface area contributed by atoms with Gasteiger partial charge >= 0.3 is 8.56 Å². The summed E-state index contributed by atoms with van der Waals surface area (Å²) in [5.41, 5.74) is 5.13. The van der Waals surface area contributed by atoms with Crippen molar-refractivity contribution in [1.82, 2.24) is 10.0 Å². The standard InChI is InChI=1S/C36H54N4O4Si2/c1-34(2,3)45(10,11)43-32-29(19-27-23-42-46(35(4,5)6,36(7,8)9)44-31(27)32)39-21-25-17-18-26-22-40(37-20-28(38-39)30(25)26)33(41)24-15-13-12-14-16-24/h12-16,20-21,27,29,31-32H,17-19,22-23H2,1-11H3/t27-,29-,31-,32+/m1/s1. The molecule has 46 heavy (non-hydrogen) atoms. The van der Waals surface area contributed by atoms with Crippen LogP contribution in [0.15, 0.2) is 63.5 Å². The quantitative estimate of drug-likeness (QED) is 0.306. The van der Waals surface area contributed by atoms with Crippen LogP contribution in [0.25, 0.3) is 0 Å². The number of benzene rings is 1. The molecule has 250 valence electrons. The van der Waals surface area contributed by atoms with E-state index in [2.05, 4.69) is 91.7 Å². The predicted molar refractivity (Wildman–Crippen MR) is 190 cm³/mol. The summed E-state index contributed by atoms with van der Waals surface area (Å²) in [5, 5.41) is 13.5. The molecule has 1 amide bonds. The smallest absolute Gasteiger partial charge is 0.349 e. The van der Waals surface area contributed by atoms with E-state index in [4.69, 9.17) is 18.4 Å². The van der Waals surface area contributed by atoms with Crippen molar-refractivity contribution in [1.29, 1.82) is 0 Å². The summed E-state index contributed by atoms with van der Waals surface area (Å²) < 4.78 is 21.8. The first-order valence-corrected chi connectivity index (χ1v) is 21.8. The van der Waals surface area contributed by atoms with Crippen molar-refractivity contribution < 1.29 is 18.1 Å². The summed E-state index contributed by atoms with van der Waals surface area (Å²) in [7, 11) is -4.89. The van der Waals surface area contributed by atoms with Gasteiger partial charge in [0.15, 0.2) is 8.32 Å². The molecule has 0 aromatic heterocycles.